The molecule has 0 fully saturated rings. The summed E-state index contributed by atoms with van der Waals surface area (Å²) >= 11 is 0. The van der Waals surface area contributed by atoms with E-state index in [-0.39, 0.29) is 0 Å². The van der Waals surface area contributed by atoms with E-state index in [1.165, 1.54) is 11.1 Å². The molecule has 0 aliphatic carbocycles. The van der Waals surface area contributed by atoms with Gasteiger partial charge in [0.05, 0.1) is 0 Å². The molecule has 0 saturated carbocycles. The Balaban J connectivity index is 5.62. The van der Waals surface area contributed by atoms with E-state index in [4.69, 9.17) is 0 Å². The third kappa shape index (κ3) is 6.75. The molecule has 0 saturated heterocycles. The molecule has 0 amide bonds. The molecule has 0 N–H and O–H groups in total. The fourth-order valence-electron chi connectivity index (χ4n) is 1.82. The highest BCUT2D eigenvalue weighted by Gasteiger charge is 2.06. The van der Waals surface area contributed by atoms with Gasteiger partial charge in [-0.15, -0.1) is 6.58 Å². The minimum Gasteiger partial charge on any atom is -0.103 e. The van der Waals surface area contributed by atoms with Gasteiger partial charge in [-0.2, -0.15) is 0 Å². The predicted octanol–water partition coefficient (Wildman–Crippen LogP) is 6.26. The SMILES string of the molecule is C=C/C=C(\C=C)C\C(C(=C)C)=C(/C=C\C=C\C)CC=C. The molecule has 0 aromatic heterocycles. The minimum absolute atomic E-state index is 0.814. The molecule has 0 bridgehead atoms. The second-order valence-corrected chi connectivity index (χ2v) is 4.52. The summed E-state index contributed by atoms with van der Waals surface area (Å²) in [5.74, 6) is 0. The fourth-order valence-corrected chi connectivity index (χ4v) is 1.82. The maximum atomic E-state index is 4.10. The summed E-state index contributed by atoms with van der Waals surface area (Å²) in [5.41, 5.74) is 4.68. The smallest absolute Gasteiger partial charge is 0.00207 e. The average molecular weight is 266 g/mol. The van der Waals surface area contributed by atoms with Crippen LogP contribution >= 0.6 is 0 Å². The van der Waals surface area contributed by atoms with Crippen LogP contribution in [0.4, 0.5) is 0 Å². The van der Waals surface area contributed by atoms with Crippen molar-refractivity contribution in [1.29, 1.82) is 0 Å². The molecular formula is C20H26. The first-order chi connectivity index (χ1) is 9.60. The third-order valence-corrected chi connectivity index (χ3v) is 2.84. The number of hydrogen-bond donors (Lipinski definition) is 0. The Morgan fingerprint density at radius 3 is 2.25 bits per heavy atom. The molecule has 0 radical (unpaired) electrons. The van der Waals surface area contributed by atoms with Gasteiger partial charge in [0.1, 0.15) is 0 Å². The maximum absolute atomic E-state index is 4.10. The zero-order chi connectivity index (χ0) is 15.4. The van der Waals surface area contributed by atoms with E-state index in [2.05, 4.69) is 32.4 Å². The summed E-state index contributed by atoms with van der Waals surface area (Å²) in [6.07, 6.45) is 17.4. The lowest BCUT2D eigenvalue weighted by Gasteiger charge is -2.13. The number of rotatable bonds is 9. The van der Waals surface area contributed by atoms with Gasteiger partial charge in [-0.05, 0) is 43.4 Å². The first kappa shape index (κ1) is 17.9. The van der Waals surface area contributed by atoms with Gasteiger partial charge in [-0.25, -0.2) is 0 Å². The van der Waals surface area contributed by atoms with Crippen molar-refractivity contribution in [2.45, 2.75) is 26.7 Å². The van der Waals surface area contributed by atoms with E-state index in [0.29, 0.717) is 0 Å². The highest BCUT2D eigenvalue weighted by atomic mass is 14.1. The Morgan fingerprint density at radius 2 is 1.80 bits per heavy atom. The van der Waals surface area contributed by atoms with Crippen LogP contribution in [0.1, 0.15) is 26.7 Å². The lowest BCUT2D eigenvalue weighted by atomic mass is 9.92. The lowest BCUT2D eigenvalue weighted by molar-refractivity contribution is 1.09. The van der Waals surface area contributed by atoms with Crippen molar-refractivity contribution in [2.75, 3.05) is 0 Å². The van der Waals surface area contributed by atoms with Crippen LogP contribution in [0.3, 0.4) is 0 Å². The monoisotopic (exact) mass is 266 g/mol. The summed E-state index contributed by atoms with van der Waals surface area (Å²) in [4.78, 5) is 0. The van der Waals surface area contributed by atoms with Crippen molar-refractivity contribution in [3.05, 3.63) is 97.2 Å². The van der Waals surface area contributed by atoms with Crippen LogP contribution in [0.2, 0.25) is 0 Å². The zero-order valence-corrected chi connectivity index (χ0v) is 12.9. The first-order valence-corrected chi connectivity index (χ1v) is 6.82. The molecular weight excluding hydrogens is 240 g/mol. The van der Waals surface area contributed by atoms with Crippen molar-refractivity contribution in [1.82, 2.24) is 0 Å². The van der Waals surface area contributed by atoms with Crippen molar-refractivity contribution in [2.24, 2.45) is 0 Å². The van der Waals surface area contributed by atoms with Crippen molar-refractivity contribution in [3.8, 4) is 0 Å². The molecule has 0 unspecified atom stereocenters. The molecule has 0 heteroatoms. The summed E-state index contributed by atoms with van der Waals surface area (Å²) < 4.78 is 0. The zero-order valence-electron chi connectivity index (χ0n) is 12.9. The Bertz CT molecular complexity index is 476. The molecule has 0 rings (SSSR count). The van der Waals surface area contributed by atoms with Crippen LogP contribution in [0.25, 0.3) is 0 Å². The first-order valence-electron chi connectivity index (χ1n) is 6.82. The van der Waals surface area contributed by atoms with E-state index in [1.807, 2.05) is 50.3 Å². The molecule has 0 spiro atoms. The summed E-state index contributed by atoms with van der Waals surface area (Å²) in [6, 6.07) is 0. The van der Waals surface area contributed by atoms with Gasteiger partial charge in [0.15, 0.2) is 0 Å². The van der Waals surface area contributed by atoms with Gasteiger partial charge >= 0.3 is 0 Å². The molecule has 0 aliphatic rings. The second-order valence-electron chi connectivity index (χ2n) is 4.52. The molecule has 0 heterocycles. The summed E-state index contributed by atoms with van der Waals surface area (Å²) in [5, 5.41) is 0. The number of hydrogen-bond acceptors (Lipinski definition) is 0. The predicted molar refractivity (Wildman–Crippen MR) is 93.7 cm³/mol. The van der Waals surface area contributed by atoms with Gasteiger partial charge in [-0.3, -0.25) is 0 Å². The topological polar surface area (TPSA) is 0 Å². The van der Waals surface area contributed by atoms with Crippen LogP contribution in [0, 0.1) is 0 Å². The lowest BCUT2D eigenvalue weighted by Crippen LogP contribution is -1.93. The Hall–Kier alpha value is -2.08. The van der Waals surface area contributed by atoms with Gasteiger partial charge in [0, 0.05) is 0 Å². The Kier molecular flexibility index (Phi) is 9.68. The molecule has 106 valence electrons. The van der Waals surface area contributed by atoms with Gasteiger partial charge in [0.25, 0.3) is 0 Å². The molecule has 0 nitrogen and oxygen atoms in total. The van der Waals surface area contributed by atoms with Gasteiger partial charge in [0.2, 0.25) is 0 Å². The van der Waals surface area contributed by atoms with Crippen LogP contribution in [0.15, 0.2) is 97.2 Å². The molecule has 0 atom stereocenters. The number of allylic oxidation sites excluding steroid dienone is 12. The standard InChI is InChI=1S/C20H26/c1-7-11-12-15-19(14-9-3)20(17(5)6)16-18(10-4)13-8-2/h7-13,15H,2-5,14,16H2,1,6H3/b11-7+,15-12-,18-13+,20-19+. The normalized spacial score (nSPS) is 13.4. The van der Waals surface area contributed by atoms with E-state index < -0.39 is 0 Å². The highest BCUT2D eigenvalue weighted by molar-refractivity contribution is 5.44. The van der Waals surface area contributed by atoms with Gasteiger partial charge < -0.3 is 0 Å². The highest BCUT2D eigenvalue weighted by Crippen LogP contribution is 2.25. The Morgan fingerprint density at radius 1 is 1.10 bits per heavy atom. The van der Waals surface area contributed by atoms with Crippen LogP contribution < -0.4 is 0 Å². The van der Waals surface area contributed by atoms with Crippen molar-refractivity contribution >= 4 is 0 Å². The second kappa shape index (κ2) is 10.8. The van der Waals surface area contributed by atoms with Crippen LogP contribution in [0.5, 0.6) is 0 Å². The quantitative estimate of drug-likeness (QED) is 0.341. The maximum Gasteiger partial charge on any atom is -0.00207 e. The van der Waals surface area contributed by atoms with E-state index in [1.54, 1.807) is 6.08 Å². The molecule has 0 aromatic rings. The summed E-state index contributed by atoms with van der Waals surface area (Å²) in [7, 11) is 0. The van der Waals surface area contributed by atoms with E-state index in [0.717, 1.165) is 24.0 Å². The van der Waals surface area contributed by atoms with E-state index >= 15 is 0 Å². The Labute approximate surface area is 124 Å². The molecule has 20 heavy (non-hydrogen) atoms. The molecule has 0 aromatic carbocycles. The van der Waals surface area contributed by atoms with E-state index in [9.17, 15) is 0 Å². The average Bonchev–Trinajstić information content (AvgIpc) is 2.42. The van der Waals surface area contributed by atoms with Crippen molar-refractivity contribution < 1.29 is 0 Å². The summed E-state index contributed by atoms with van der Waals surface area (Å²) in [6.45, 7) is 19.6. The third-order valence-electron chi connectivity index (χ3n) is 2.84. The largest absolute Gasteiger partial charge is 0.103 e. The minimum atomic E-state index is 0.814. The van der Waals surface area contributed by atoms with Gasteiger partial charge in [-0.1, -0.05) is 73.9 Å². The van der Waals surface area contributed by atoms with Crippen LogP contribution in [-0.4, -0.2) is 0 Å². The van der Waals surface area contributed by atoms with Crippen LogP contribution in [-0.2, 0) is 0 Å². The fraction of sp³-hybridized carbons (Fsp3) is 0.200. The van der Waals surface area contributed by atoms with Crippen molar-refractivity contribution in [3.63, 3.8) is 0 Å². The molecule has 0 aliphatic heterocycles.